The molecule has 2 heterocycles. The van der Waals surface area contributed by atoms with Crippen molar-refractivity contribution in [2.45, 2.75) is 38.4 Å². The van der Waals surface area contributed by atoms with Crippen LogP contribution in [0.3, 0.4) is 0 Å². The highest BCUT2D eigenvalue weighted by molar-refractivity contribution is 8.00. The average Bonchev–Trinajstić information content (AvgIpc) is 2.54. The van der Waals surface area contributed by atoms with Crippen LogP contribution in [0.15, 0.2) is 0 Å². The van der Waals surface area contributed by atoms with Crippen molar-refractivity contribution in [3.05, 3.63) is 0 Å². The van der Waals surface area contributed by atoms with E-state index in [0.717, 1.165) is 0 Å². The van der Waals surface area contributed by atoms with Crippen LogP contribution in [0.25, 0.3) is 0 Å². The molecular formula is C13H26N2S. The smallest absolute Gasteiger partial charge is 0.0116 e. The molecule has 2 nitrogen and oxygen atoms in total. The van der Waals surface area contributed by atoms with E-state index in [1.54, 1.807) is 0 Å². The van der Waals surface area contributed by atoms with Crippen LogP contribution in [0.4, 0.5) is 0 Å². The minimum Gasteiger partial charge on any atom is -0.316 e. The third-order valence-electron chi connectivity index (χ3n) is 3.99. The van der Waals surface area contributed by atoms with Crippen molar-refractivity contribution in [1.82, 2.24) is 10.2 Å². The van der Waals surface area contributed by atoms with Gasteiger partial charge in [0.05, 0.1) is 0 Å². The highest BCUT2D eigenvalue weighted by Gasteiger charge is 2.32. The molecule has 0 saturated carbocycles. The maximum Gasteiger partial charge on any atom is 0.0116 e. The Balaban J connectivity index is 1.86. The minimum atomic E-state index is 0.490. The van der Waals surface area contributed by atoms with E-state index in [9.17, 15) is 0 Å². The summed E-state index contributed by atoms with van der Waals surface area (Å²) in [4.78, 5) is 2.69. The molecule has 2 fully saturated rings. The van der Waals surface area contributed by atoms with Crippen molar-refractivity contribution in [2.75, 3.05) is 38.5 Å². The summed E-state index contributed by atoms with van der Waals surface area (Å²) in [6, 6.07) is 0. The number of hydrogen-bond acceptors (Lipinski definition) is 3. The van der Waals surface area contributed by atoms with E-state index in [2.05, 4.69) is 42.7 Å². The lowest BCUT2D eigenvalue weighted by atomic mass is 9.89. The van der Waals surface area contributed by atoms with Gasteiger partial charge in [-0.1, -0.05) is 20.8 Å². The maximum absolute atomic E-state index is 3.50. The average molecular weight is 242 g/mol. The van der Waals surface area contributed by atoms with E-state index in [0.29, 0.717) is 10.2 Å². The lowest BCUT2D eigenvalue weighted by Crippen LogP contribution is -2.38. The first kappa shape index (κ1) is 12.7. The Kier molecular flexibility index (Phi) is 3.87. The standard InChI is InChI=1S/C13H26N2S/c1-12(2)5-7-15(8-9-16-12)11-13(3)4-6-14-10-13/h14H,4-11H2,1-3H3. The number of nitrogens with zero attached hydrogens (tertiary/aromatic N) is 1. The summed E-state index contributed by atoms with van der Waals surface area (Å²) in [6.45, 7) is 13.5. The molecule has 0 aromatic heterocycles. The summed E-state index contributed by atoms with van der Waals surface area (Å²) in [5, 5.41) is 3.50. The Morgan fingerprint density at radius 1 is 1.19 bits per heavy atom. The van der Waals surface area contributed by atoms with E-state index in [1.807, 2.05) is 0 Å². The van der Waals surface area contributed by atoms with Crippen molar-refractivity contribution in [1.29, 1.82) is 0 Å². The van der Waals surface area contributed by atoms with Crippen LogP contribution in [-0.2, 0) is 0 Å². The van der Waals surface area contributed by atoms with Crippen LogP contribution in [0.5, 0.6) is 0 Å². The zero-order valence-electron chi connectivity index (χ0n) is 11.0. The second-order valence-corrected chi connectivity index (χ2v) is 8.17. The van der Waals surface area contributed by atoms with Gasteiger partial charge in [0.1, 0.15) is 0 Å². The van der Waals surface area contributed by atoms with Gasteiger partial charge in [0.2, 0.25) is 0 Å². The van der Waals surface area contributed by atoms with Crippen molar-refractivity contribution in [3.8, 4) is 0 Å². The molecule has 0 aromatic rings. The van der Waals surface area contributed by atoms with Gasteiger partial charge in [0.15, 0.2) is 0 Å². The molecule has 0 amide bonds. The van der Waals surface area contributed by atoms with E-state index in [-0.39, 0.29) is 0 Å². The summed E-state index contributed by atoms with van der Waals surface area (Å²) >= 11 is 2.14. The van der Waals surface area contributed by atoms with E-state index in [4.69, 9.17) is 0 Å². The van der Waals surface area contributed by atoms with Crippen molar-refractivity contribution < 1.29 is 0 Å². The molecule has 0 radical (unpaired) electrons. The molecule has 0 bridgehead atoms. The highest BCUT2D eigenvalue weighted by atomic mass is 32.2. The van der Waals surface area contributed by atoms with E-state index in [1.165, 1.54) is 51.3 Å². The van der Waals surface area contributed by atoms with Crippen LogP contribution in [0.1, 0.15) is 33.6 Å². The van der Waals surface area contributed by atoms with Gasteiger partial charge in [0, 0.05) is 30.1 Å². The zero-order chi connectivity index (χ0) is 11.6. The van der Waals surface area contributed by atoms with Gasteiger partial charge >= 0.3 is 0 Å². The Hall–Kier alpha value is 0.270. The van der Waals surface area contributed by atoms with Gasteiger partial charge in [-0.2, -0.15) is 11.8 Å². The van der Waals surface area contributed by atoms with Gasteiger partial charge in [-0.15, -0.1) is 0 Å². The quantitative estimate of drug-likeness (QED) is 0.799. The molecule has 0 spiro atoms. The summed E-state index contributed by atoms with van der Waals surface area (Å²) in [5.41, 5.74) is 0.527. The molecule has 1 unspecified atom stereocenters. The van der Waals surface area contributed by atoms with Gasteiger partial charge in [-0.05, 0) is 31.3 Å². The van der Waals surface area contributed by atoms with Crippen molar-refractivity contribution >= 4 is 11.8 Å². The Labute approximate surface area is 105 Å². The lowest BCUT2D eigenvalue weighted by molar-refractivity contribution is 0.184. The van der Waals surface area contributed by atoms with Gasteiger partial charge in [-0.25, -0.2) is 0 Å². The van der Waals surface area contributed by atoms with Crippen LogP contribution >= 0.6 is 11.8 Å². The van der Waals surface area contributed by atoms with E-state index < -0.39 is 0 Å². The summed E-state index contributed by atoms with van der Waals surface area (Å²) in [6.07, 6.45) is 2.68. The van der Waals surface area contributed by atoms with Crippen molar-refractivity contribution in [3.63, 3.8) is 0 Å². The van der Waals surface area contributed by atoms with Crippen molar-refractivity contribution in [2.24, 2.45) is 5.41 Å². The first-order chi connectivity index (χ1) is 7.49. The largest absolute Gasteiger partial charge is 0.316 e. The van der Waals surface area contributed by atoms with Gasteiger partial charge in [-0.3, -0.25) is 0 Å². The molecule has 0 aliphatic carbocycles. The van der Waals surface area contributed by atoms with E-state index >= 15 is 0 Å². The molecule has 3 heteroatoms. The molecule has 1 N–H and O–H groups in total. The number of nitrogens with one attached hydrogen (secondary N) is 1. The Morgan fingerprint density at radius 3 is 2.69 bits per heavy atom. The fourth-order valence-electron chi connectivity index (χ4n) is 2.76. The first-order valence-electron chi connectivity index (χ1n) is 6.56. The molecule has 2 aliphatic heterocycles. The predicted octanol–water partition coefficient (Wildman–Crippen LogP) is 2.20. The number of thioether (sulfide) groups is 1. The Bertz CT molecular complexity index is 234. The molecule has 0 aromatic carbocycles. The molecule has 16 heavy (non-hydrogen) atoms. The lowest BCUT2D eigenvalue weighted by Gasteiger charge is -2.31. The third-order valence-corrected chi connectivity index (χ3v) is 5.37. The van der Waals surface area contributed by atoms with Crippen LogP contribution in [-0.4, -0.2) is 48.1 Å². The highest BCUT2D eigenvalue weighted by Crippen LogP contribution is 2.32. The maximum atomic E-state index is 3.50. The summed E-state index contributed by atoms with van der Waals surface area (Å²) in [7, 11) is 0. The first-order valence-corrected chi connectivity index (χ1v) is 7.55. The molecule has 2 rings (SSSR count). The molecule has 2 saturated heterocycles. The summed E-state index contributed by atoms with van der Waals surface area (Å²) < 4.78 is 0.490. The third kappa shape index (κ3) is 3.38. The second kappa shape index (κ2) is 4.87. The fraction of sp³-hybridized carbons (Fsp3) is 1.00. The Morgan fingerprint density at radius 2 is 2.00 bits per heavy atom. The number of hydrogen-bond donors (Lipinski definition) is 1. The van der Waals surface area contributed by atoms with Crippen LogP contribution in [0.2, 0.25) is 0 Å². The normalized spacial score (nSPS) is 36.2. The molecule has 94 valence electrons. The molecule has 2 aliphatic rings. The predicted molar refractivity (Wildman–Crippen MR) is 73.2 cm³/mol. The zero-order valence-corrected chi connectivity index (χ0v) is 11.8. The SMILES string of the molecule is CC1(CN2CCSC(C)(C)CC2)CCNC1. The second-order valence-electron chi connectivity index (χ2n) is 6.37. The minimum absolute atomic E-state index is 0.490. The van der Waals surface area contributed by atoms with Crippen LogP contribution < -0.4 is 5.32 Å². The monoisotopic (exact) mass is 242 g/mol. The number of rotatable bonds is 2. The van der Waals surface area contributed by atoms with Gasteiger partial charge in [0.25, 0.3) is 0 Å². The topological polar surface area (TPSA) is 15.3 Å². The summed E-state index contributed by atoms with van der Waals surface area (Å²) in [5.74, 6) is 1.30. The van der Waals surface area contributed by atoms with Gasteiger partial charge < -0.3 is 10.2 Å². The van der Waals surface area contributed by atoms with Crippen LogP contribution in [0, 0.1) is 5.41 Å². The molecular weight excluding hydrogens is 216 g/mol. The molecule has 1 atom stereocenters. The fourth-order valence-corrected chi connectivity index (χ4v) is 3.90.